The van der Waals surface area contributed by atoms with Crippen LogP contribution in [0.2, 0.25) is 0 Å². The lowest BCUT2D eigenvalue weighted by Crippen LogP contribution is -2.46. The van der Waals surface area contributed by atoms with Gasteiger partial charge in [0, 0.05) is 18.5 Å². The Kier molecular flexibility index (Phi) is 8.76. The van der Waals surface area contributed by atoms with Gasteiger partial charge >= 0.3 is 12.3 Å². The summed E-state index contributed by atoms with van der Waals surface area (Å²) in [6.45, 7) is 6.00. The van der Waals surface area contributed by atoms with E-state index in [-0.39, 0.29) is 28.6 Å². The van der Waals surface area contributed by atoms with E-state index in [4.69, 9.17) is 4.74 Å². The van der Waals surface area contributed by atoms with Crippen molar-refractivity contribution in [1.29, 1.82) is 0 Å². The molecular weight excluding hydrogens is 575 g/mol. The van der Waals surface area contributed by atoms with Crippen LogP contribution in [-0.4, -0.2) is 55.2 Å². The highest BCUT2D eigenvalue weighted by atomic mass is 32.2. The first kappa shape index (κ1) is 30.8. The number of benzene rings is 2. The van der Waals surface area contributed by atoms with Crippen LogP contribution in [0, 0.1) is 5.92 Å². The maximum atomic E-state index is 12.9. The average Bonchev–Trinajstić information content (AvgIpc) is 2.92. The Labute approximate surface area is 241 Å². The molecule has 0 aliphatic carbocycles. The van der Waals surface area contributed by atoms with Crippen LogP contribution in [0.5, 0.6) is 0 Å². The Morgan fingerprint density at radius 3 is 2.45 bits per heavy atom. The zero-order chi connectivity index (χ0) is 30.7. The maximum Gasteiger partial charge on any atom is 0.416 e. The lowest BCUT2D eigenvalue weighted by Gasteiger charge is -2.33. The molecule has 2 amide bonds. The fourth-order valence-corrected chi connectivity index (χ4v) is 5.35. The number of carbonyl (C=O) groups is 2. The van der Waals surface area contributed by atoms with Gasteiger partial charge in [0.2, 0.25) is 5.91 Å². The normalized spacial score (nSPS) is 16.4. The van der Waals surface area contributed by atoms with Crippen LogP contribution in [-0.2, 0) is 25.7 Å². The Hall–Kier alpha value is -4.20. The van der Waals surface area contributed by atoms with Crippen molar-refractivity contribution in [2.45, 2.75) is 50.3 Å². The van der Waals surface area contributed by atoms with E-state index in [2.05, 4.69) is 20.2 Å². The maximum absolute atomic E-state index is 12.9. The van der Waals surface area contributed by atoms with E-state index in [1.54, 1.807) is 45.0 Å². The molecule has 1 aliphatic rings. The summed E-state index contributed by atoms with van der Waals surface area (Å²) < 4.78 is 72.2. The molecule has 10 nitrogen and oxygen atoms in total. The van der Waals surface area contributed by atoms with Crippen molar-refractivity contribution < 1.29 is 35.9 Å². The molecule has 1 atom stereocenters. The number of pyridine rings is 1. The highest BCUT2D eigenvalue weighted by Gasteiger charge is 2.32. The lowest BCUT2D eigenvalue weighted by molar-refractivity contribution is -0.137. The summed E-state index contributed by atoms with van der Waals surface area (Å²) in [5, 5.41) is 4.57. The van der Waals surface area contributed by atoms with Gasteiger partial charge in [-0.25, -0.2) is 23.6 Å². The molecule has 1 unspecified atom stereocenters. The Morgan fingerprint density at radius 1 is 1.07 bits per heavy atom. The first-order valence-corrected chi connectivity index (χ1v) is 14.5. The van der Waals surface area contributed by atoms with Gasteiger partial charge in [-0.15, -0.1) is 0 Å². The predicted octanol–water partition coefficient (Wildman–Crippen LogP) is 5.15. The third-order valence-electron chi connectivity index (χ3n) is 6.29. The monoisotopic (exact) mass is 605 g/mol. The Bertz CT molecular complexity index is 1600. The third kappa shape index (κ3) is 7.75. The van der Waals surface area contributed by atoms with E-state index >= 15 is 0 Å². The van der Waals surface area contributed by atoms with Gasteiger partial charge in [0.15, 0.2) is 0 Å². The average molecular weight is 606 g/mol. The van der Waals surface area contributed by atoms with Crippen molar-refractivity contribution in [2.24, 2.45) is 11.0 Å². The minimum atomic E-state index is -4.59. The minimum absolute atomic E-state index is 0.108. The highest BCUT2D eigenvalue weighted by Crippen LogP contribution is 2.30. The largest absolute Gasteiger partial charge is 0.444 e. The number of aromatic nitrogens is 1. The van der Waals surface area contributed by atoms with Crippen LogP contribution in [0.4, 0.5) is 23.7 Å². The SMILES string of the molecule is CC(C)(C)OC(=O)N1CCCC(C(=O)N/N=C/c2ccc3cccc(NS(=O)(=O)c4ccc(C(F)(F)F)cc4)c3n2)C1. The van der Waals surface area contributed by atoms with Gasteiger partial charge in [-0.1, -0.05) is 18.2 Å². The molecule has 14 heteroatoms. The predicted molar refractivity (Wildman–Crippen MR) is 150 cm³/mol. The van der Waals surface area contributed by atoms with Gasteiger partial charge in [0.05, 0.1) is 39.5 Å². The summed E-state index contributed by atoms with van der Waals surface area (Å²) in [7, 11) is -4.23. The van der Waals surface area contributed by atoms with Gasteiger partial charge in [-0.3, -0.25) is 9.52 Å². The molecule has 0 saturated carbocycles. The van der Waals surface area contributed by atoms with E-state index in [1.165, 1.54) is 17.2 Å². The summed E-state index contributed by atoms with van der Waals surface area (Å²) in [5.74, 6) is -0.843. The number of nitrogens with one attached hydrogen (secondary N) is 2. The van der Waals surface area contributed by atoms with Gasteiger partial charge in [0.25, 0.3) is 10.0 Å². The van der Waals surface area contributed by atoms with Gasteiger partial charge < -0.3 is 9.64 Å². The molecule has 4 rings (SSSR count). The summed E-state index contributed by atoms with van der Waals surface area (Å²) in [5.41, 5.74) is 1.54. The van der Waals surface area contributed by atoms with Crippen LogP contribution in [0.25, 0.3) is 10.9 Å². The minimum Gasteiger partial charge on any atom is -0.444 e. The topological polar surface area (TPSA) is 130 Å². The first-order valence-electron chi connectivity index (χ1n) is 13.0. The molecule has 1 fully saturated rings. The molecule has 0 bridgehead atoms. The van der Waals surface area contributed by atoms with Crippen LogP contribution < -0.4 is 10.1 Å². The standard InChI is InChI=1S/C28H30F3N5O5S/c1-27(2,3)41-26(38)36-15-5-7-19(17-36)25(37)34-32-16-21-12-9-18-6-4-8-23(24(18)33-21)35-42(39,40)22-13-10-20(11-14-22)28(29,30)31/h4,6,8-14,16,19,35H,5,7,15,17H2,1-3H3,(H,34,37)/b32-16+. The molecular formula is C28H30F3N5O5S. The number of ether oxygens (including phenoxy) is 1. The number of rotatable bonds is 6. The number of carbonyl (C=O) groups excluding carboxylic acids is 2. The van der Waals surface area contributed by atoms with Crippen molar-refractivity contribution in [3.63, 3.8) is 0 Å². The second kappa shape index (κ2) is 12.0. The fourth-order valence-electron chi connectivity index (χ4n) is 4.28. The second-order valence-electron chi connectivity index (χ2n) is 10.7. The zero-order valence-corrected chi connectivity index (χ0v) is 23.9. The number of nitrogens with zero attached hydrogens (tertiary/aromatic N) is 3. The number of para-hydroxylation sites is 1. The van der Waals surface area contributed by atoms with E-state index in [0.717, 1.165) is 12.1 Å². The molecule has 2 aromatic carbocycles. The third-order valence-corrected chi connectivity index (χ3v) is 7.67. The Balaban J connectivity index is 1.45. The van der Waals surface area contributed by atoms with Gasteiger partial charge in [-0.2, -0.15) is 18.3 Å². The number of hydrazone groups is 1. The van der Waals surface area contributed by atoms with E-state index in [1.807, 2.05) is 0 Å². The number of piperidine rings is 1. The summed E-state index contributed by atoms with van der Waals surface area (Å²) >= 11 is 0. The second-order valence-corrected chi connectivity index (χ2v) is 12.4. The van der Waals surface area contributed by atoms with Gasteiger partial charge in [0.1, 0.15) is 5.60 Å². The smallest absolute Gasteiger partial charge is 0.416 e. The molecule has 1 saturated heterocycles. The number of halogens is 3. The highest BCUT2D eigenvalue weighted by molar-refractivity contribution is 7.92. The van der Waals surface area contributed by atoms with Crippen molar-refractivity contribution in [1.82, 2.24) is 15.3 Å². The van der Waals surface area contributed by atoms with Crippen molar-refractivity contribution >= 4 is 44.8 Å². The number of hydrogen-bond acceptors (Lipinski definition) is 7. The number of fused-ring (bicyclic) bond motifs is 1. The zero-order valence-electron chi connectivity index (χ0n) is 23.1. The van der Waals surface area contributed by atoms with Gasteiger partial charge in [-0.05, 0) is 70.0 Å². The van der Waals surface area contributed by atoms with Crippen LogP contribution in [0.3, 0.4) is 0 Å². The number of alkyl halides is 3. The molecule has 1 aromatic heterocycles. The molecule has 0 radical (unpaired) electrons. The van der Waals surface area contributed by atoms with E-state index in [9.17, 15) is 31.2 Å². The lowest BCUT2D eigenvalue weighted by atomic mass is 9.98. The quantitative estimate of drug-likeness (QED) is 0.295. The molecule has 224 valence electrons. The molecule has 2 heterocycles. The molecule has 42 heavy (non-hydrogen) atoms. The Morgan fingerprint density at radius 2 is 1.79 bits per heavy atom. The van der Waals surface area contributed by atoms with E-state index in [0.29, 0.717) is 42.6 Å². The molecule has 3 aromatic rings. The number of amides is 2. The number of likely N-dealkylation sites (tertiary alicyclic amines) is 1. The first-order chi connectivity index (χ1) is 19.6. The molecule has 0 spiro atoms. The number of anilines is 1. The van der Waals surface area contributed by atoms with Crippen molar-refractivity contribution in [3.8, 4) is 0 Å². The molecule has 2 N–H and O–H groups in total. The summed E-state index contributed by atoms with van der Waals surface area (Å²) in [6, 6.07) is 11.2. The number of hydrogen-bond donors (Lipinski definition) is 2. The van der Waals surface area contributed by atoms with Crippen LogP contribution >= 0.6 is 0 Å². The molecule has 1 aliphatic heterocycles. The van der Waals surface area contributed by atoms with Crippen LogP contribution in [0.1, 0.15) is 44.9 Å². The van der Waals surface area contributed by atoms with Crippen molar-refractivity contribution in [3.05, 3.63) is 65.9 Å². The summed E-state index contributed by atoms with van der Waals surface area (Å²) in [4.78, 5) is 30.7. The van der Waals surface area contributed by atoms with Crippen LogP contribution in [0.15, 0.2) is 64.6 Å². The van der Waals surface area contributed by atoms with E-state index < -0.39 is 39.4 Å². The van der Waals surface area contributed by atoms with Crippen molar-refractivity contribution in [2.75, 3.05) is 17.8 Å². The number of sulfonamides is 1. The fraction of sp³-hybridized carbons (Fsp3) is 0.357. The summed E-state index contributed by atoms with van der Waals surface area (Å²) in [6.07, 6.45) is -2.56.